The Bertz CT molecular complexity index is 772. The van der Waals surface area contributed by atoms with Gasteiger partial charge < -0.3 is 4.98 Å². The summed E-state index contributed by atoms with van der Waals surface area (Å²) in [6, 6.07) is 5.84. The molecule has 2 aromatic heterocycles. The molecule has 0 saturated carbocycles. The van der Waals surface area contributed by atoms with Crippen LogP contribution >= 0.6 is 15.9 Å². The van der Waals surface area contributed by atoms with Crippen molar-refractivity contribution in [3.8, 4) is 0 Å². The first-order valence-corrected chi connectivity index (χ1v) is 6.17. The summed E-state index contributed by atoms with van der Waals surface area (Å²) in [5.41, 5.74) is 2.49. The van der Waals surface area contributed by atoms with Crippen molar-refractivity contribution < 1.29 is 0 Å². The summed E-state index contributed by atoms with van der Waals surface area (Å²) in [5, 5.41) is 0.959. The van der Waals surface area contributed by atoms with Gasteiger partial charge in [0.05, 0.1) is 22.7 Å². The van der Waals surface area contributed by atoms with Crippen LogP contribution in [0.2, 0.25) is 0 Å². The number of aromatic nitrogens is 3. The van der Waals surface area contributed by atoms with Crippen molar-refractivity contribution in [2.45, 2.75) is 13.5 Å². The van der Waals surface area contributed by atoms with Gasteiger partial charge in [0.1, 0.15) is 0 Å². The standard InChI is InChI=1S/C12H10BrN3O/c1-2-16-10-6-14-9-4-3-7(13)5-8(9)11(10)15-12(16)17/h3-6H,2H2,1H3,(H,15,17). The number of hydrogen-bond donors (Lipinski definition) is 1. The van der Waals surface area contributed by atoms with Gasteiger partial charge in [0, 0.05) is 16.4 Å². The van der Waals surface area contributed by atoms with E-state index in [1.54, 1.807) is 10.8 Å². The van der Waals surface area contributed by atoms with E-state index in [9.17, 15) is 4.79 Å². The molecule has 0 amide bonds. The minimum Gasteiger partial charge on any atom is -0.305 e. The van der Waals surface area contributed by atoms with E-state index in [2.05, 4.69) is 25.9 Å². The quantitative estimate of drug-likeness (QED) is 0.749. The second-order valence-corrected chi connectivity index (χ2v) is 4.77. The van der Waals surface area contributed by atoms with Crippen molar-refractivity contribution >= 4 is 37.9 Å². The Labute approximate surface area is 105 Å². The van der Waals surface area contributed by atoms with Crippen LogP contribution in [0.5, 0.6) is 0 Å². The maximum Gasteiger partial charge on any atom is 0.326 e. The predicted molar refractivity (Wildman–Crippen MR) is 71.2 cm³/mol. The molecule has 0 aliphatic carbocycles. The fourth-order valence-electron chi connectivity index (χ4n) is 2.09. The molecule has 5 heteroatoms. The second-order valence-electron chi connectivity index (χ2n) is 3.85. The van der Waals surface area contributed by atoms with Crippen molar-refractivity contribution in [2.24, 2.45) is 0 Å². The Morgan fingerprint density at radius 2 is 2.29 bits per heavy atom. The number of benzene rings is 1. The van der Waals surface area contributed by atoms with Crippen LogP contribution < -0.4 is 5.69 Å². The number of aromatic amines is 1. The molecule has 0 radical (unpaired) electrons. The number of nitrogens with one attached hydrogen (secondary N) is 1. The molecular formula is C12H10BrN3O. The maximum atomic E-state index is 11.8. The first kappa shape index (κ1) is 10.5. The molecule has 3 aromatic rings. The third kappa shape index (κ3) is 1.50. The lowest BCUT2D eigenvalue weighted by molar-refractivity contribution is 0.752. The van der Waals surface area contributed by atoms with Crippen molar-refractivity contribution in [1.82, 2.24) is 14.5 Å². The summed E-state index contributed by atoms with van der Waals surface area (Å²) in [6.45, 7) is 2.58. The number of halogens is 1. The summed E-state index contributed by atoms with van der Waals surface area (Å²) in [5.74, 6) is 0. The van der Waals surface area contributed by atoms with Gasteiger partial charge in [0.25, 0.3) is 0 Å². The number of imidazole rings is 1. The normalized spacial score (nSPS) is 11.4. The minimum atomic E-state index is -0.0863. The van der Waals surface area contributed by atoms with E-state index in [0.29, 0.717) is 6.54 Å². The summed E-state index contributed by atoms with van der Waals surface area (Å²) >= 11 is 3.43. The SMILES string of the molecule is CCn1c(=O)[nH]c2c3cc(Br)ccc3ncc21. The number of hydrogen-bond acceptors (Lipinski definition) is 2. The van der Waals surface area contributed by atoms with Crippen molar-refractivity contribution in [3.63, 3.8) is 0 Å². The molecule has 2 heterocycles. The summed E-state index contributed by atoms with van der Waals surface area (Å²) in [4.78, 5) is 19.0. The Morgan fingerprint density at radius 1 is 1.47 bits per heavy atom. The van der Waals surface area contributed by atoms with Crippen LogP contribution in [0.3, 0.4) is 0 Å². The molecular weight excluding hydrogens is 282 g/mol. The highest BCUT2D eigenvalue weighted by Crippen LogP contribution is 2.24. The fraction of sp³-hybridized carbons (Fsp3) is 0.167. The topological polar surface area (TPSA) is 50.7 Å². The van der Waals surface area contributed by atoms with Crippen LogP contribution in [-0.4, -0.2) is 14.5 Å². The van der Waals surface area contributed by atoms with Crippen LogP contribution in [0, 0.1) is 0 Å². The average Bonchev–Trinajstić information content (AvgIpc) is 2.65. The molecule has 0 unspecified atom stereocenters. The largest absolute Gasteiger partial charge is 0.326 e. The molecule has 1 N–H and O–H groups in total. The number of aryl methyl sites for hydroxylation is 1. The Morgan fingerprint density at radius 3 is 3.06 bits per heavy atom. The zero-order valence-corrected chi connectivity index (χ0v) is 10.8. The highest BCUT2D eigenvalue weighted by atomic mass is 79.9. The molecule has 0 bridgehead atoms. The third-order valence-corrected chi connectivity index (χ3v) is 3.39. The van der Waals surface area contributed by atoms with Gasteiger partial charge in [0.2, 0.25) is 0 Å². The molecule has 17 heavy (non-hydrogen) atoms. The Kier molecular flexibility index (Phi) is 2.29. The number of H-pyrrole nitrogens is 1. The molecule has 3 rings (SSSR count). The predicted octanol–water partition coefficient (Wildman–Crippen LogP) is 2.66. The molecule has 0 fully saturated rings. The van der Waals surface area contributed by atoms with Crippen LogP contribution in [-0.2, 0) is 6.54 Å². The third-order valence-electron chi connectivity index (χ3n) is 2.89. The van der Waals surface area contributed by atoms with Crippen molar-refractivity contribution in [3.05, 3.63) is 39.4 Å². The van der Waals surface area contributed by atoms with Crippen molar-refractivity contribution in [1.29, 1.82) is 0 Å². The van der Waals surface area contributed by atoms with Crippen LogP contribution in [0.1, 0.15) is 6.92 Å². The van der Waals surface area contributed by atoms with Gasteiger partial charge in [-0.1, -0.05) is 15.9 Å². The lowest BCUT2D eigenvalue weighted by atomic mass is 10.2. The molecule has 0 saturated heterocycles. The summed E-state index contributed by atoms with van der Waals surface area (Å²) < 4.78 is 2.66. The first-order chi connectivity index (χ1) is 8.20. The van der Waals surface area contributed by atoms with Gasteiger partial charge in [-0.3, -0.25) is 9.55 Å². The lowest BCUT2D eigenvalue weighted by Gasteiger charge is -2.01. The van der Waals surface area contributed by atoms with Crippen LogP contribution in [0.15, 0.2) is 33.7 Å². The van der Waals surface area contributed by atoms with Gasteiger partial charge in [-0.05, 0) is 25.1 Å². The summed E-state index contributed by atoms with van der Waals surface area (Å²) in [6.07, 6.45) is 1.74. The van der Waals surface area contributed by atoms with E-state index in [0.717, 1.165) is 26.4 Å². The number of rotatable bonds is 1. The first-order valence-electron chi connectivity index (χ1n) is 5.37. The van der Waals surface area contributed by atoms with Gasteiger partial charge in [-0.25, -0.2) is 4.79 Å². The second kappa shape index (κ2) is 3.70. The molecule has 0 spiro atoms. The number of fused-ring (bicyclic) bond motifs is 3. The Hall–Kier alpha value is -1.62. The smallest absolute Gasteiger partial charge is 0.305 e. The number of pyridine rings is 1. The van der Waals surface area contributed by atoms with E-state index in [4.69, 9.17) is 0 Å². The fourth-order valence-corrected chi connectivity index (χ4v) is 2.45. The zero-order valence-electron chi connectivity index (χ0n) is 9.20. The Balaban J connectivity index is 2.55. The van der Waals surface area contributed by atoms with Gasteiger partial charge >= 0.3 is 5.69 Å². The molecule has 0 atom stereocenters. The molecule has 86 valence electrons. The van der Waals surface area contributed by atoms with Crippen molar-refractivity contribution in [2.75, 3.05) is 0 Å². The molecule has 0 aliphatic rings. The van der Waals surface area contributed by atoms with Gasteiger partial charge in [-0.15, -0.1) is 0 Å². The zero-order chi connectivity index (χ0) is 12.0. The monoisotopic (exact) mass is 291 g/mol. The van der Waals surface area contributed by atoms with Gasteiger partial charge in [0.15, 0.2) is 0 Å². The highest BCUT2D eigenvalue weighted by Gasteiger charge is 2.09. The van der Waals surface area contributed by atoms with E-state index >= 15 is 0 Å². The molecule has 0 aliphatic heterocycles. The van der Waals surface area contributed by atoms with E-state index in [1.165, 1.54) is 0 Å². The molecule has 1 aromatic carbocycles. The average molecular weight is 292 g/mol. The van der Waals surface area contributed by atoms with Crippen LogP contribution in [0.4, 0.5) is 0 Å². The van der Waals surface area contributed by atoms with E-state index in [-0.39, 0.29) is 5.69 Å². The molecule has 4 nitrogen and oxygen atoms in total. The summed E-state index contributed by atoms with van der Waals surface area (Å²) in [7, 11) is 0. The number of nitrogens with zero attached hydrogens (tertiary/aromatic N) is 2. The maximum absolute atomic E-state index is 11.8. The van der Waals surface area contributed by atoms with Crippen LogP contribution in [0.25, 0.3) is 21.9 Å². The highest BCUT2D eigenvalue weighted by molar-refractivity contribution is 9.10. The minimum absolute atomic E-state index is 0.0863. The van der Waals surface area contributed by atoms with Gasteiger partial charge in [-0.2, -0.15) is 0 Å². The van der Waals surface area contributed by atoms with E-state index in [1.807, 2.05) is 25.1 Å². The van der Waals surface area contributed by atoms with E-state index < -0.39 is 0 Å². The lowest BCUT2D eigenvalue weighted by Crippen LogP contribution is -2.14.